The van der Waals surface area contributed by atoms with E-state index in [0.29, 0.717) is 6.54 Å². The summed E-state index contributed by atoms with van der Waals surface area (Å²) >= 11 is 12.6. The van der Waals surface area contributed by atoms with Crippen molar-refractivity contribution in [1.82, 2.24) is 10.2 Å². The smallest absolute Gasteiger partial charge is 0.264 e. The number of amides is 2. The molecular formula is C29H33Cl2N3O4S. The Bertz CT molecular complexity index is 1400. The van der Waals surface area contributed by atoms with Crippen LogP contribution in [-0.2, 0) is 26.2 Å². The molecule has 0 aromatic heterocycles. The molecule has 0 heterocycles. The van der Waals surface area contributed by atoms with Crippen LogP contribution < -0.4 is 9.62 Å². The number of anilines is 1. The minimum atomic E-state index is -4.24. The Balaban J connectivity index is 2.04. The van der Waals surface area contributed by atoms with Crippen molar-refractivity contribution in [3.8, 4) is 0 Å². The number of aryl methyl sites for hydroxylation is 1. The highest BCUT2D eigenvalue weighted by Crippen LogP contribution is 2.33. The van der Waals surface area contributed by atoms with Gasteiger partial charge in [0.1, 0.15) is 12.6 Å². The molecule has 10 heteroatoms. The summed E-state index contributed by atoms with van der Waals surface area (Å²) in [4.78, 5) is 28.3. The molecule has 0 spiro atoms. The first kappa shape index (κ1) is 30.5. The van der Waals surface area contributed by atoms with E-state index in [-0.39, 0.29) is 39.0 Å². The Morgan fingerprint density at radius 2 is 1.56 bits per heavy atom. The first-order valence-corrected chi connectivity index (χ1v) is 14.7. The van der Waals surface area contributed by atoms with Crippen molar-refractivity contribution in [3.63, 3.8) is 0 Å². The average Bonchev–Trinajstić information content (AvgIpc) is 2.90. The second-order valence-corrected chi connectivity index (χ2v) is 12.4. The van der Waals surface area contributed by atoms with Crippen molar-refractivity contribution in [2.75, 3.05) is 17.4 Å². The van der Waals surface area contributed by atoms with E-state index in [1.807, 2.05) is 51.1 Å². The van der Waals surface area contributed by atoms with Crippen LogP contribution in [0.2, 0.25) is 10.0 Å². The predicted molar refractivity (Wildman–Crippen MR) is 156 cm³/mol. The van der Waals surface area contributed by atoms with Gasteiger partial charge in [0.15, 0.2) is 0 Å². The van der Waals surface area contributed by atoms with Gasteiger partial charge in [-0.3, -0.25) is 13.9 Å². The topological polar surface area (TPSA) is 86.8 Å². The van der Waals surface area contributed by atoms with E-state index in [4.69, 9.17) is 23.2 Å². The van der Waals surface area contributed by atoms with Gasteiger partial charge in [0, 0.05) is 18.1 Å². The molecule has 208 valence electrons. The van der Waals surface area contributed by atoms with Gasteiger partial charge in [0.2, 0.25) is 11.8 Å². The van der Waals surface area contributed by atoms with E-state index in [0.717, 1.165) is 15.4 Å². The maximum Gasteiger partial charge on any atom is 0.264 e. The lowest BCUT2D eigenvalue weighted by Crippen LogP contribution is -2.51. The number of nitrogens with zero attached hydrogens (tertiary/aromatic N) is 2. The molecule has 3 aromatic rings. The van der Waals surface area contributed by atoms with Gasteiger partial charge < -0.3 is 10.2 Å². The average molecular weight is 591 g/mol. The van der Waals surface area contributed by atoms with E-state index in [9.17, 15) is 18.0 Å². The van der Waals surface area contributed by atoms with Crippen LogP contribution in [0.3, 0.4) is 0 Å². The minimum Gasteiger partial charge on any atom is -0.354 e. The third-order valence-corrected chi connectivity index (χ3v) is 8.44. The zero-order chi connectivity index (χ0) is 28.7. The van der Waals surface area contributed by atoms with Gasteiger partial charge in [-0.2, -0.15) is 0 Å². The van der Waals surface area contributed by atoms with E-state index >= 15 is 0 Å². The highest BCUT2D eigenvalue weighted by Gasteiger charge is 2.33. The molecule has 1 atom stereocenters. The fraction of sp³-hybridized carbons (Fsp3) is 0.310. The third-order valence-electron chi connectivity index (χ3n) is 6.11. The predicted octanol–water partition coefficient (Wildman–Crippen LogP) is 5.69. The van der Waals surface area contributed by atoms with Crippen molar-refractivity contribution in [2.45, 2.75) is 45.2 Å². The molecule has 0 aliphatic rings. The molecule has 1 N–H and O–H groups in total. The summed E-state index contributed by atoms with van der Waals surface area (Å²) in [6.07, 6.45) is 0. The van der Waals surface area contributed by atoms with Gasteiger partial charge in [-0.15, -0.1) is 0 Å². The van der Waals surface area contributed by atoms with Gasteiger partial charge in [-0.1, -0.05) is 85.1 Å². The molecule has 2 amide bonds. The van der Waals surface area contributed by atoms with Crippen LogP contribution in [0.4, 0.5) is 5.69 Å². The summed E-state index contributed by atoms with van der Waals surface area (Å²) in [6, 6.07) is 19.1. The number of carbonyl (C=O) groups is 2. The summed E-state index contributed by atoms with van der Waals surface area (Å²) in [6.45, 7) is 7.38. The zero-order valence-electron chi connectivity index (χ0n) is 22.4. The lowest BCUT2D eigenvalue weighted by atomic mass is 10.1. The molecule has 3 aromatic carbocycles. The summed E-state index contributed by atoms with van der Waals surface area (Å²) in [5.74, 6) is -0.681. The lowest BCUT2D eigenvalue weighted by Gasteiger charge is -2.32. The minimum absolute atomic E-state index is 0.00530. The quantitative estimate of drug-likeness (QED) is 0.311. The molecule has 0 saturated carbocycles. The van der Waals surface area contributed by atoms with Gasteiger partial charge in [-0.25, -0.2) is 8.42 Å². The number of nitrogens with one attached hydrogen (secondary N) is 1. The maximum absolute atomic E-state index is 13.9. The van der Waals surface area contributed by atoms with E-state index in [2.05, 4.69) is 5.32 Å². The van der Waals surface area contributed by atoms with E-state index in [1.54, 1.807) is 19.1 Å². The highest BCUT2D eigenvalue weighted by atomic mass is 35.5. The van der Waals surface area contributed by atoms with Crippen LogP contribution in [-0.4, -0.2) is 44.3 Å². The van der Waals surface area contributed by atoms with Gasteiger partial charge in [0.25, 0.3) is 10.0 Å². The van der Waals surface area contributed by atoms with Gasteiger partial charge >= 0.3 is 0 Å². The fourth-order valence-electron chi connectivity index (χ4n) is 3.84. The van der Waals surface area contributed by atoms with Crippen LogP contribution in [0.1, 0.15) is 31.9 Å². The molecule has 39 heavy (non-hydrogen) atoms. The lowest BCUT2D eigenvalue weighted by molar-refractivity contribution is -0.139. The number of halogens is 2. The molecule has 3 rings (SSSR count). The number of sulfonamides is 1. The number of carbonyl (C=O) groups excluding carboxylic acids is 2. The van der Waals surface area contributed by atoms with Crippen molar-refractivity contribution >= 4 is 50.7 Å². The summed E-state index contributed by atoms with van der Waals surface area (Å²) < 4.78 is 28.7. The second kappa shape index (κ2) is 13.3. The molecule has 1 unspecified atom stereocenters. The fourth-order valence-corrected chi connectivity index (χ4v) is 5.70. The van der Waals surface area contributed by atoms with E-state index in [1.165, 1.54) is 35.2 Å². The SMILES string of the molecule is Cc1ccc(S(=O)(=O)N(CC(=O)N(Cc2ccccc2)C(C)C(=O)NCC(C)C)c2cc(Cl)ccc2Cl)cc1. The van der Waals surface area contributed by atoms with Crippen LogP contribution in [0.25, 0.3) is 0 Å². The first-order chi connectivity index (χ1) is 18.4. The molecule has 7 nitrogen and oxygen atoms in total. The van der Waals surface area contributed by atoms with E-state index < -0.39 is 28.5 Å². The number of hydrogen-bond acceptors (Lipinski definition) is 4. The normalized spacial score (nSPS) is 12.2. The highest BCUT2D eigenvalue weighted by molar-refractivity contribution is 7.92. The number of hydrogen-bond donors (Lipinski definition) is 1. The molecule has 0 aliphatic carbocycles. The van der Waals surface area contributed by atoms with Crippen molar-refractivity contribution in [2.24, 2.45) is 5.92 Å². The Hall–Kier alpha value is -3.07. The molecule has 0 aliphatic heterocycles. The van der Waals surface area contributed by atoms with Crippen LogP contribution >= 0.6 is 23.2 Å². The first-order valence-electron chi connectivity index (χ1n) is 12.6. The standard InChI is InChI=1S/C29H33Cl2N3O4S/c1-20(2)17-32-29(36)22(4)33(18-23-8-6-5-7-9-23)28(35)19-34(27-16-24(30)12-15-26(27)31)39(37,38)25-13-10-21(3)11-14-25/h5-16,20,22H,17-19H2,1-4H3,(H,32,36). The summed E-state index contributed by atoms with van der Waals surface area (Å²) in [5, 5.41) is 3.23. The molecule has 0 radical (unpaired) electrons. The Labute approximate surface area is 240 Å². The Kier molecular flexibility index (Phi) is 10.4. The Morgan fingerprint density at radius 3 is 2.18 bits per heavy atom. The largest absolute Gasteiger partial charge is 0.354 e. The van der Waals surface area contributed by atoms with Crippen molar-refractivity contribution in [3.05, 3.63) is 94.0 Å². The summed E-state index contributed by atoms with van der Waals surface area (Å²) in [7, 11) is -4.24. The van der Waals surface area contributed by atoms with Gasteiger partial charge in [-0.05, 0) is 55.7 Å². The summed E-state index contributed by atoms with van der Waals surface area (Å²) in [5.41, 5.74) is 1.74. The van der Waals surface area contributed by atoms with Crippen LogP contribution in [0.5, 0.6) is 0 Å². The van der Waals surface area contributed by atoms with Crippen LogP contribution in [0, 0.1) is 12.8 Å². The third kappa shape index (κ3) is 7.97. The molecular weight excluding hydrogens is 557 g/mol. The van der Waals surface area contributed by atoms with Crippen molar-refractivity contribution < 1.29 is 18.0 Å². The van der Waals surface area contributed by atoms with Gasteiger partial charge in [0.05, 0.1) is 15.6 Å². The Morgan fingerprint density at radius 1 is 0.923 bits per heavy atom. The number of rotatable bonds is 11. The number of benzene rings is 3. The van der Waals surface area contributed by atoms with Crippen molar-refractivity contribution in [1.29, 1.82) is 0 Å². The second-order valence-electron chi connectivity index (χ2n) is 9.74. The molecule has 0 bridgehead atoms. The monoisotopic (exact) mass is 589 g/mol. The van der Waals surface area contributed by atoms with Crippen LogP contribution in [0.15, 0.2) is 77.7 Å². The maximum atomic E-state index is 13.9. The molecule has 0 saturated heterocycles. The molecule has 0 fully saturated rings. The zero-order valence-corrected chi connectivity index (χ0v) is 24.7.